The van der Waals surface area contributed by atoms with Crippen LogP contribution in [0.3, 0.4) is 0 Å². The van der Waals surface area contributed by atoms with Gasteiger partial charge in [-0.05, 0) is 37.1 Å². The predicted octanol–water partition coefficient (Wildman–Crippen LogP) is 1.80. The molecule has 7 nitrogen and oxygen atoms in total. The summed E-state index contributed by atoms with van der Waals surface area (Å²) in [6.45, 7) is 0.936. The van der Waals surface area contributed by atoms with E-state index < -0.39 is 22.1 Å². The van der Waals surface area contributed by atoms with E-state index >= 15 is 0 Å². The second-order valence-corrected chi connectivity index (χ2v) is 6.98. The van der Waals surface area contributed by atoms with Crippen LogP contribution < -0.4 is 14.8 Å². The summed E-state index contributed by atoms with van der Waals surface area (Å²) in [6.07, 6.45) is -3.36. The average Bonchev–Trinajstić information content (AvgIpc) is 2.53. The lowest BCUT2D eigenvalue weighted by molar-refractivity contribution is -0.274. The van der Waals surface area contributed by atoms with Gasteiger partial charge < -0.3 is 14.8 Å². The Labute approximate surface area is 149 Å². The van der Waals surface area contributed by atoms with Crippen molar-refractivity contribution in [3.63, 3.8) is 0 Å². The molecular weight excluding hydrogens is 377 g/mol. The van der Waals surface area contributed by atoms with Crippen molar-refractivity contribution in [2.45, 2.75) is 30.5 Å². The van der Waals surface area contributed by atoms with Gasteiger partial charge in [0.1, 0.15) is 5.75 Å². The van der Waals surface area contributed by atoms with Gasteiger partial charge in [0.15, 0.2) is 0 Å². The van der Waals surface area contributed by atoms with E-state index in [1.165, 1.54) is 0 Å². The van der Waals surface area contributed by atoms with Gasteiger partial charge in [-0.15, -0.1) is 13.2 Å². The third kappa shape index (κ3) is 9.02. The molecule has 0 spiro atoms. The Morgan fingerprint density at radius 2 is 1.77 bits per heavy atom. The molecule has 148 valence electrons. The summed E-state index contributed by atoms with van der Waals surface area (Å²) in [5, 5.41) is 2.64. The smallest absolute Gasteiger partial charge is 0.406 e. The van der Waals surface area contributed by atoms with Crippen LogP contribution in [0.4, 0.5) is 13.2 Å². The molecule has 0 bridgehead atoms. The quantitative estimate of drug-likeness (QED) is 0.555. The number of alkyl halides is 3. The topological polar surface area (TPSA) is 93.7 Å². The largest absolute Gasteiger partial charge is 0.573 e. The summed E-state index contributed by atoms with van der Waals surface area (Å²) < 4.78 is 71.0. The van der Waals surface area contributed by atoms with Crippen molar-refractivity contribution in [3.8, 4) is 5.75 Å². The minimum absolute atomic E-state index is 0.0568. The highest BCUT2D eigenvalue weighted by Gasteiger charge is 2.31. The monoisotopic (exact) mass is 398 g/mol. The lowest BCUT2D eigenvalue weighted by Gasteiger charge is -2.10. The number of methoxy groups -OCH3 is 1. The maximum absolute atomic E-state index is 12.1. The zero-order chi connectivity index (χ0) is 19.6. The van der Waals surface area contributed by atoms with E-state index in [1.54, 1.807) is 7.11 Å². The molecule has 0 aliphatic rings. The Kier molecular flexibility index (Phi) is 8.82. The molecule has 11 heteroatoms. The van der Waals surface area contributed by atoms with Gasteiger partial charge in [-0.3, -0.25) is 4.79 Å². The maximum atomic E-state index is 12.1. The van der Waals surface area contributed by atoms with Crippen LogP contribution in [0.15, 0.2) is 29.2 Å². The van der Waals surface area contributed by atoms with Crippen molar-refractivity contribution >= 4 is 15.9 Å². The van der Waals surface area contributed by atoms with E-state index in [2.05, 4.69) is 14.8 Å². The Morgan fingerprint density at radius 1 is 1.12 bits per heavy atom. The molecule has 0 saturated heterocycles. The van der Waals surface area contributed by atoms with Gasteiger partial charge in [-0.2, -0.15) is 0 Å². The number of rotatable bonds is 11. The van der Waals surface area contributed by atoms with Crippen LogP contribution in [-0.4, -0.2) is 47.5 Å². The molecule has 26 heavy (non-hydrogen) atoms. The number of hydrogen-bond acceptors (Lipinski definition) is 5. The first-order chi connectivity index (χ1) is 12.1. The third-order valence-corrected chi connectivity index (χ3v) is 4.59. The fourth-order valence-corrected chi connectivity index (χ4v) is 2.92. The lowest BCUT2D eigenvalue weighted by atomic mass is 10.3. The highest BCUT2D eigenvalue weighted by atomic mass is 32.2. The third-order valence-electron chi connectivity index (χ3n) is 3.11. The molecule has 0 heterocycles. The molecular formula is C15H21F3N2O5S. The number of hydrogen-bond donors (Lipinski definition) is 2. The first kappa shape index (κ1) is 22.2. The summed E-state index contributed by atoms with van der Waals surface area (Å²) in [4.78, 5) is 11.3. The van der Waals surface area contributed by atoms with Crippen LogP contribution >= 0.6 is 0 Å². The second-order valence-electron chi connectivity index (χ2n) is 5.22. The van der Waals surface area contributed by atoms with Crippen LogP contribution in [0.2, 0.25) is 0 Å². The maximum Gasteiger partial charge on any atom is 0.573 e. The van der Waals surface area contributed by atoms with Crippen LogP contribution in [0.1, 0.15) is 19.3 Å². The number of sulfonamides is 1. The minimum atomic E-state index is -4.85. The Balaban J connectivity index is 2.40. The normalized spacial score (nSPS) is 12.0. The van der Waals surface area contributed by atoms with Crippen LogP contribution in [-0.2, 0) is 19.6 Å². The minimum Gasteiger partial charge on any atom is -0.406 e. The summed E-state index contributed by atoms with van der Waals surface area (Å²) in [5.41, 5.74) is 0. The highest BCUT2D eigenvalue weighted by molar-refractivity contribution is 7.89. The molecule has 0 unspecified atom stereocenters. The Bertz CT molecular complexity index is 663. The molecule has 0 fully saturated rings. The lowest BCUT2D eigenvalue weighted by Crippen LogP contribution is -2.31. The molecule has 0 atom stereocenters. The van der Waals surface area contributed by atoms with E-state index in [1.807, 2.05) is 0 Å². The van der Waals surface area contributed by atoms with Crippen molar-refractivity contribution in [3.05, 3.63) is 24.3 Å². The van der Waals surface area contributed by atoms with Gasteiger partial charge in [0.05, 0.1) is 4.90 Å². The van der Waals surface area contributed by atoms with Crippen LogP contribution in [0.25, 0.3) is 0 Å². The number of benzene rings is 1. The van der Waals surface area contributed by atoms with Crippen molar-refractivity contribution in [2.24, 2.45) is 0 Å². The summed E-state index contributed by atoms with van der Waals surface area (Å²) in [5.74, 6) is -0.830. The Hall–Kier alpha value is -1.85. The summed E-state index contributed by atoms with van der Waals surface area (Å²) in [7, 11) is -2.35. The van der Waals surface area contributed by atoms with Crippen molar-refractivity contribution in [2.75, 3.05) is 26.8 Å². The number of halogens is 3. The number of nitrogens with one attached hydrogen (secondary N) is 2. The molecule has 2 N–H and O–H groups in total. The number of amides is 1. The second kappa shape index (κ2) is 10.3. The number of carbonyl (C=O) groups excluding carboxylic acids is 1. The van der Waals surface area contributed by atoms with E-state index in [-0.39, 0.29) is 23.8 Å². The predicted molar refractivity (Wildman–Crippen MR) is 87.1 cm³/mol. The standard InChI is InChI=1S/C15H21F3N2O5S/c1-24-11-3-2-9-19-14(21)8-10-20-26(22,23)13-6-4-12(5-7-13)25-15(16,17)18/h4-7,20H,2-3,8-11H2,1H3,(H,19,21). The average molecular weight is 398 g/mol. The van der Waals surface area contributed by atoms with Gasteiger partial charge >= 0.3 is 6.36 Å². The van der Waals surface area contributed by atoms with Crippen molar-refractivity contribution < 1.29 is 35.9 Å². The fraction of sp³-hybridized carbons (Fsp3) is 0.533. The van der Waals surface area contributed by atoms with Crippen molar-refractivity contribution in [1.29, 1.82) is 0 Å². The van der Waals surface area contributed by atoms with Gasteiger partial charge in [0.2, 0.25) is 15.9 Å². The molecule has 1 aromatic rings. The summed E-state index contributed by atoms with van der Waals surface area (Å²) in [6, 6.07) is 3.77. The van der Waals surface area contributed by atoms with Crippen LogP contribution in [0, 0.1) is 0 Å². The van der Waals surface area contributed by atoms with Crippen LogP contribution in [0.5, 0.6) is 5.75 Å². The molecule has 1 rings (SSSR count). The molecule has 0 radical (unpaired) electrons. The fourth-order valence-electron chi connectivity index (χ4n) is 1.89. The van der Waals surface area contributed by atoms with E-state index in [4.69, 9.17) is 4.74 Å². The molecule has 1 amide bonds. The number of carbonyl (C=O) groups is 1. The van der Waals surface area contributed by atoms with E-state index in [0.29, 0.717) is 13.2 Å². The first-order valence-electron chi connectivity index (χ1n) is 7.75. The van der Waals surface area contributed by atoms with Gasteiger partial charge in [-0.1, -0.05) is 0 Å². The van der Waals surface area contributed by atoms with Gasteiger partial charge in [0, 0.05) is 33.2 Å². The van der Waals surface area contributed by atoms with Gasteiger partial charge in [-0.25, -0.2) is 13.1 Å². The van der Waals surface area contributed by atoms with Gasteiger partial charge in [0.25, 0.3) is 0 Å². The Morgan fingerprint density at radius 3 is 2.35 bits per heavy atom. The number of ether oxygens (including phenoxy) is 2. The SMILES string of the molecule is COCCCCNC(=O)CCNS(=O)(=O)c1ccc(OC(F)(F)F)cc1. The molecule has 0 aliphatic heterocycles. The molecule has 0 saturated carbocycles. The highest BCUT2D eigenvalue weighted by Crippen LogP contribution is 2.23. The van der Waals surface area contributed by atoms with E-state index in [9.17, 15) is 26.4 Å². The first-order valence-corrected chi connectivity index (χ1v) is 9.23. The zero-order valence-electron chi connectivity index (χ0n) is 14.1. The summed E-state index contributed by atoms with van der Waals surface area (Å²) >= 11 is 0. The molecule has 0 aliphatic carbocycles. The number of unbranched alkanes of at least 4 members (excludes halogenated alkanes) is 1. The molecule has 1 aromatic carbocycles. The molecule has 0 aromatic heterocycles. The van der Waals surface area contributed by atoms with E-state index in [0.717, 1.165) is 37.1 Å². The van der Waals surface area contributed by atoms with Crippen molar-refractivity contribution in [1.82, 2.24) is 10.0 Å². The zero-order valence-corrected chi connectivity index (χ0v) is 15.0.